The number of halogens is 3. The van der Waals surface area contributed by atoms with Crippen LogP contribution in [-0.4, -0.2) is 23.3 Å². The third-order valence-corrected chi connectivity index (χ3v) is 14.7. The summed E-state index contributed by atoms with van der Waals surface area (Å²) < 4.78 is 49.6. The summed E-state index contributed by atoms with van der Waals surface area (Å²) in [4.78, 5) is -0.00427. The molecule has 0 aliphatic rings. The van der Waals surface area contributed by atoms with Crippen LogP contribution in [0.15, 0.2) is 78.9 Å². The number of hydrogen-bond donors (Lipinski definition) is 0. The van der Waals surface area contributed by atoms with Crippen molar-refractivity contribution in [3.05, 3.63) is 119 Å². The molecule has 0 fully saturated rings. The number of benzene rings is 4. The number of aryl methyl sites for hydroxylation is 2. The molecule has 0 amide bonds. The van der Waals surface area contributed by atoms with E-state index in [0.29, 0.717) is 12.0 Å². The Morgan fingerprint density at radius 3 is 1.85 bits per heavy atom. The van der Waals surface area contributed by atoms with Crippen molar-refractivity contribution < 1.29 is 17.6 Å². The molecule has 0 aliphatic heterocycles. The van der Waals surface area contributed by atoms with E-state index in [1.54, 1.807) is 0 Å². The van der Waals surface area contributed by atoms with Crippen LogP contribution in [0.4, 0.5) is 13.2 Å². The predicted molar refractivity (Wildman–Crippen MR) is 164 cm³/mol. The summed E-state index contributed by atoms with van der Waals surface area (Å²) in [5.41, 5.74) is 6.06. The summed E-state index contributed by atoms with van der Waals surface area (Å²) in [5.74, 6) is -2.83. The molecule has 1 unspecified atom stereocenters. The van der Waals surface area contributed by atoms with E-state index in [-0.39, 0.29) is 24.8 Å². The van der Waals surface area contributed by atoms with Gasteiger partial charge in [-0.25, -0.2) is 0 Å². The average Bonchev–Trinajstić information content (AvgIpc) is 2.88. The minimum absolute atomic E-state index is 0.00427. The van der Waals surface area contributed by atoms with E-state index >= 15 is 0 Å². The molecule has 4 aromatic rings. The second kappa shape index (κ2) is 12.0. The quantitative estimate of drug-likeness (QED) is 0.140. The first-order valence-electron chi connectivity index (χ1n) is 13.5. The van der Waals surface area contributed by atoms with Crippen LogP contribution in [-0.2, 0) is 6.42 Å². The number of rotatable bonds is 8. The Labute approximate surface area is 244 Å². The van der Waals surface area contributed by atoms with Crippen molar-refractivity contribution in [3.8, 4) is 16.9 Å². The summed E-state index contributed by atoms with van der Waals surface area (Å²) in [6, 6.07) is 25.3. The van der Waals surface area contributed by atoms with Crippen LogP contribution in [0.5, 0.6) is 5.75 Å². The molecule has 0 spiro atoms. The van der Waals surface area contributed by atoms with E-state index in [4.69, 9.17) is 4.43 Å². The standard InChI is InChI=1S/C34H37F3OSeSi/c1-22-8-10-25(11-9-22)26-12-14-27(15-13-26)32(21-24-19-29(35)33(37)30(36)20-24)39-28-16-17-31(23(2)18-28)38-40(6,7)34(3,4)5/h8-20,32H,21H2,1-7H3. The summed E-state index contributed by atoms with van der Waals surface area (Å²) in [6.45, 7) is 15.3. The van der Waals surface area contributed by atoms with Gasteiger partial charge >= 0.3 is 245 Å². The molecule has 0 radical (unpaired) electrons. The zero-order chi connectivity index (χ0) is 29.2. The third-order valence-electron chi connectivity index (χ3n) is 7.73. The molecule has 6 heteroatoms. The van der Waals surface area contributed by atoms with Gasteiger partial charge in [-0.3, -0.25) is 0 Å². The Bertz CT molecular complexity index is 1450. The van der Waals surface area contributed by atoms with E-state index in [1.807, 2.05) is 0 Å². The maximum atomic E-state index is 14.1. The zero-order valence-electron chi connectivity index (χ0n) is 24.2. The zero-order valence-corrected chi connectivity index (χ0v) is 27.0. The Balaban J connectivity index is 1.64. The molecule has 0 bridgehead atoms. The molecular weight excluding hydrogens is 588 g/mol. The van der Waals surface area contributed by atoms with Crippen LogP contribution in [0.2, 0.25) is 18.1 Å². The molecule has 40 heavy (non-hydrogen) atoms. The Kier molecular flexibility index (Phi) is 9.04. The third kappa shape index (κ3) is 7.09. The van der Waals surface area contributed by atoms with Gasteiger partial charge in [-0.2, -0.15) is 0 Å². The fourth-order valence-electron chi connectivity index (χ4n) is 4.21. The van der Waals surface area contributed by atoms with E-state index < -0.39 is 25.8 Å². The first-order valence-corrected chi connectivity index (χ1v) is 18.3. The predicted octanol–water partition coefficient (Wildman–Crippen LogP) is 9.09. The molecule has 4 aromatic carbocycles. The first-order chi connectivity index (χ1) is 18.7. The van der Waals surface area contributed by atoms with Crippen LogP contribution in [0, 0.1) is 31.3 Å². The minimum atomic E-state index is -1.98. The van der Waals surface area contributed by atoms with Gasteiger partial charge in [0.05, 0.1) is 0 Å². The molecule has 0 aliphatic carbocycles. The summed E-state index contributed by atoms with van der Waals surface area (Å²) in [5, 5.41) is 0.0948. The molecule has 0 N–H and O–H groups in total. The maximum absolute atomic E-state index is 14.1. The number of hydrogen-bond acceptors (Lipinski definition) is 1. The van der Waals surface area contributed by atoms with Crippen molar-refractivity contribution >= 4 is 27.7 Å². The van der Waals surface area contributed by atoms with Crippen LogP contribution < -0.4 is 8.89 Å². The summed E-state index contributed by atoms with van der Waals surface area (Å²) in [7, 11) is -1.98. The van der Waals surface area contributed by atoms with Gasteiger partial charge in [0.25, 0.3) is 0 Å². The molecule has 210 valence electrons. The molecule has 0 saturated carbocycles. The molecule has 0 saturated heterocycles. The van der Waals surface area contributed by atoms with Gasteiger partial charge in [0.15, 0.2) is 0 Å². The normalized spacial score (nSPS) is 12.8. The van der Waals surface area contributed by atoms with E-state index in [1.165, 1.54) is 10.0 Å². The van der Waals surface area contributed by atoms with Gasteiger partial charge in [0, 0.05) is 0 Å². The van der Waals surface area contributed by atoms with Crippen molar-refractivity contribution in [2.75, 3.05) is 0 Å². The van der Waals surface area contributed by atoms with Gasteiger partial charge < -0.3 is 0 Å². The van der Waals surface area contributed by atoms with Crippen molar-refractivity contribution in [1.82, 2.24) is 0 Å². The Morgan fingerprint density at radius 1 is 0.775 bits per heavy atom. The van der Waals surface area contributed by atoms with Gasteiger partial charge in [0.1, 0.15) is 0 Å². The summed E-state index contributed by atoms with van der Waals surface area (Å²) >= 11 is -0.0625. The van der Waals surface area contributed by atoms with Crippen LogP contribution in [0.25, 0.3) is 11.1 Å². The molecular formula is C34H37F3OSeSi. The van der Waals surface area contributed by atoms with Crippen LogP contribution in [0.3, 0.4) is 0 Å². The van der Waals surface area contributed by atoms with E-state index in [2.05, 4.69) is 114 Å². The molecule has 0 aromatic heterocycles. The van der Waals surface area contributed by atoms with Crippen molar-refractivity contribution in [3.63, 3.8) is 0 Å². The van der Waals surface area contributed by atoms with Crippen molar-refractivity contribution in [2.45, 2.75) is 64.0 Å². The fraction of sp³-hybridized carbons (Fsp3) is 0.294. The second-order valence-corrected chi connectivity index (χ2v) is 19.4. The van der Waals surface area contributed by atoms with E-state index in [9.17, 15) is 13.2 Å². The van der Waals surface area contributed by atoms with Gasteiger partial charge in [0.2, 0.25) is 0 Å². The van der Waals surface area contributed by atoms with Crippen LogP contribution >= 0.6 is 0 Å². The van der Waals surface area contributed by atoms with Gasteiger partial charge in [-0.1, -0.05) is 0 Å². The van der Waals surface area contributed by atoms with E-state index in [0.717, 1.165) is 40.1 Å². The van der Waals surface area contributed by atoms with Gasteiger partial charge in [-0.15, -0.1) is 0 Å². The molecule has 4 rings (SSSR count). The fourth-order valence-corrected chi connectivity index (χ4v) is 8.00. The Morgan fingerprint density at radius 2 is 1.32 bits per heavy atom. The molecule has 0 heterocycles. The first kappa shape index (κ1) is 30.2. The SMILES string of the molecule is Cc1ccc(-c2ccc(C(Cc3cc(F)c(F)c(F)c3)[Se]c3ccc(O[Si](C)(C)C(C)(C)C)c(C)c3)cc2)cc1. The van der Waals surface area contributed by atoms with Gasteiger partial charge in [-0.05, 0) is 0 Å². The Hall–Kier alpha value is -2.79. The topological polar surface area (TPSA) is 9.23 Å². The molecule has 1 atom stereocenters. The second-order valence-electron chi connectivity index (χ2n) is 12.0. The summed E-state index contributed by atoms with van der Waals surface area (Å²) in [6.07, 6.45) is 0.402. The van der Waals surface area contributed by atoms with Crippen LogP contribution in [0.1, 0.15) is 47.8 Å². The molecule has 1 nitrogen and oxygen atoms in total. The van der Waals surface area contributed by atoms with Crippen molar-refractivity contribution in [2.24, 2.45) is 0 Å². The van der Waals surface area contributed by atoms with Crippen molar-refractivity contribution in [1.29, 1.82) is 0 Å². The monoisotopic (exact) mass is 626 g/mol. The average molecular weight is 626 g/mol.